The molecule has 0 aliphatic heterocycles. The van der Waals surface area contributed by atoms with Crippen molar-refractivity contribution < 1.29 is 14.9 Å². The minimum atomic E-state index is -0.827. The van der Waals surface area contributed by atoms with Crippen molar-refractivity contribution in [3.63, 3.8) is 0 Å². The van der Waals surface area contributed by atoms with E-state index < -0.39 is 11.2 Å². The maximum atomic E-state index is 9.27. The minimum absolute atomic E-state index is 0.0386. The van der Waals surface area contributed by atoms with Crippen LogP contribution in [0.5, 0.6) is 0 Å². The third-order valence-electron chi connectivity index (χ3n) is 1.20. The van der Waals surface area contributed by atoms with Gasteiger partial charge in [-0.1, -0.05) is 0 Å². The van der Waals surface area contributed by atoms with E-state index in [0.717, 1.165) is 0 Å². The fraction of sp³-hybridized carbons (Fsp3) is 1.00. The highest BCUT2D eigenvalue weighted by Gasteiger charge is 2.21. The summed E-state index contributed by atoms with van der Waals surface area (Å²) in [6, 6.07) is 0. The van der Waals surface area contributed by atoms with E-state index in [-0.39, 0.29) is 13.2 Å². The van der Waals surface area contributed by atoms with Gasteiger partial charge in [0.05, 0.1) is 24.4 Å². The Hall–Kier alpha value is -0.120. The van der Waals surface area contributed by atoms with Crippen molar-refractivity contribution in [3.8, 4) is 0 Å². The second-order valence-electron chi connectivity index (χ2n) is 4.02. The number of hydrogen-bond acceptors (Lipinski definition) is 3. The molecule has 0 aliphatic rings. The van der Waals surface area contributed by atoms with Crippen molar-refractivity contribution in [2.24, 2.45) is 0 Å². The molecule has 0 aromatic heterocycles. The Kier molecular flexibility index (Phi) is 3.48. The van der Waals surface area contributed by atoms with Crippen molar-refractivity contribution in [1.82, 2.24) is 0 Å². The Morgan fingerprint density at radius 2 is 1.64 bits per heavy atom. The quantitative estimate of drug-likeness (QED) is 0.634. The van der Waals surface area contributed by atoms with Gasteiger partial charge in [0.25, 0.3) is 0 Å². The predicted molar refractivity (Wildman–Crippen MR) is 43.4 cm³/mol. The minimum Gasteiger partial charge on any atom is -0.393 e. The van der Waals surface area contributed by atoms with E-state index in [9.17, 15) is 5.11 Å². The summed E-state index contributed by atoms with van der Waals surface area (Å²) in [7, 11) is 0. The highest BCUT2D eigenvalue weighted by atomic mass is 16.5. The first-order chi connectivity index (χ1) is 4.77. The van der Waals surface area contributed by atoms with Crippen molar-refractivity contribution in [2.75, 3.05) is 13.2 Å². The van der Waals surface area contributed by atoms with Crippen LogP contribution in [0.2, 0.25) is 0 Å². The van der Waals surface area contributed by atoms with E-state index in [0.29, 0.717) is 0 Å². The molecule has 0 spiro atoms. The molecule has 3 nitrogen and oxygen atoms in total. The lowest BCUT2D eigenvalue weighted by atomic mass is 10.1. The van der Waals surface area contributed by atoms with Crippen LogP contribution in [0.15, 0.2) is 0 Å². The van der Waals surface area contributed by atoms with E-state index >= 15 is 0 Å². The number of rotatable bonds is 4. The summed E-state index contributed by atoms with van der Waals surface area (Å²) in [5.41, 5.74) is -1.38. The molecule has 0 aromatic rings. The zero-order chi connectivity index (χ0) is 9.12. The molecule has 2 N–H and O–H groups in total. The SMILES string of the molecule is CC(C)(O)COC(C)(C)CO. The standard InChI is InChI=1S/C8H18O3/c1-7(2,10)6-11-8(3,4)5-9/h9-10H,5-6H2,1-4H3. The van der Waals surface area contributed by atoms with Gasteiger partial charge in [-0.25, -0.2) is 0 Å². The van der Waals surface area contributed by atoms with Gasteiger partial charge in [0.1, 0.15) is 0 Å². The van der Waals surface area contributed by atoms with Gasteiger partial charge >= 0.3 is 0 Å². The summed E-state index contributed by atoms with van der Waals surface area (Å²) in [5.74, 6) is 0. The van der Waals surface area contributed by atoms with E-state index in [1.807, 2.05) is 0 Å². The van der Waals surface area contributed by atoms with E-state index in [2.05, 4.69) is 0 Å². The molecule has 11 heavy (non-hydrogen) atoms. The monoisotopic (exact) mass is 162 g/mol. The fourth-order valence-electron chi connectivity index (χ4n) is 0.418. The van der Waals surface area contributed by atoms with Gasteiger partial charge in [0.2, 0.25) is 0 Å². The number of aliphatic hydroxyl groups excluding tert-OH is 1. The molecule has 0 aromatic carbocycles. The third-order valence-corrected chi connectivity index (χ3v) is 1.20. The lowest BCUT2D eigenvalue weighted by molar-refractivity contribution is -0.109. The Labute approximate surface area is 68.0 Å². The topological polar surface area (TPSA) is 49.7 Å². The van der Waals surface area contributed by atoms with Crippen molar-refractivity contribution >= 4 is 0 Å². The fourth-order valence-corrected chi connectivity index (χ4v) is 0.418. The molecule has 68 valence electrons. The summed E-state index contributed by atoms with van der Waals surface area (Å²) >= 11 is 0. The molecule has 3 heteroatoms. The van der Waals surface area contributed by atoms with Crippen LogP contribution in [0.3, 0.4) is 0 Å². The van der Waals surface area contributed by atoms with Crippen LogP contribution in [0.1, 0.15) is 27.7 Å². The number of aliphatic hydroxyl groups is 2. The van der Waals surface area contributed by atoms with Gasteiger partial charge in [-0.3, -0.25) is 0 Å². The molecular weight excluding hydrogens is 144 g/mol. The molecule has 0 aliphatic carbocycles. The summed E-state index contributed by atoms with van der Waals surface area (Å²) in [6.07, 6.45) is 0. The van der Waals surface area contributed by atoms with Crippen LogP contribution in [-0.2, 0) is 4.74 Å². The van der Waals surface area contributed by atoms with Crippen LogP contribution in [0.4, 0.5) is 0 Å². The number of hydrogen-bond donors (Lipinski definition) is 2. The Morgan fingerprint density at radius 1 is 1.18 bits per heavy atom. The van der Waals surface area contributed by atoms with E-state index in [4.69, 9.17) is 9.84 Å². The molecule has 0 saturated carbocycles. The smallest absolute Gasteiger partial charge is 0.0857 e. The zero-order valence-electron chi connectivity index (χ0n) is 7.72. The van der Waals surface area contributed by atoms with Gasteiger partial charge in [0, 0.05) is 0 Å². The maximum Gasteiger partial charge on any atom is 0.0857 e. The third kappa shape index (κ3) is 6.28. The Balaban J connectivity index is 3.70. The van der Waals surface area contributed by atoms with Crippen molar-refractivity contribution in [1.29, 1.82) is 0 Å². The van der Waals surface area contributed by atoms with Gasteiger partial charge in [-0.2, -0.15) is 0 Å². The first-order valence-corrected chi connectivity index (χ1v) is 3.74. The molecular formula is C8H18O3. The molecule has 0 atom stereocenters. The molecule has 0 unspecified atom stereocenters. The average molecular weight is 162 g/mol. The van der Waals surface area contributed by atoms with E-state index in [1.54, 1.807) is 27.7 Å². The maximum absolute atomic E-state index is 9.27. The van der Waals surface area contributed by atoms with Gasteiger partial charge in [-0.05, 0) is 27.7 Å². The molecule has 0 amide bonds. The van der Waals surface area contributed by atoms with E-state index in [1.165, 1.54) is 0 Å². The average Bonchev–Trinajstić information content (AvgIpc) is 1.83. The van der Waals surface area contributed by atoms with Gasteiger partial charge in [-0.15, -0.1) is 0 Å². The Morgan fingerprint density at radius 3 is 1.91 bits per heavy atom. The summed E-state index contributed by atoms with van der Waals surface area (Å²) < 4.78 is 5.24. The van der Waals surface area contributed by atoms with Crippen LogP contribution >= 0.6 is 0 Å². The lowest BCUT2D eigenvalue weighted by Crippen LogP contribution is -2.36. The highest BCUT2D eigenvalue weighted by molar-refractivity contribution is 4.70. The second-order valence-corrected chi connectivity index (χ2v) is 4.02. The summed E-state index contributed by atoms with van der Waals surface area (Å²) in [6.45, 7) is 7.09. The molecule has 0 radical (unpaired) electrons. The van der Waals surface area contributed by atoms with Crippen LogP contribution < -0.4 is 0 Å². The zero-order valence-corrected chi connectivity index (χ0v) is 7.72. The summed E-state index contributed by atoms with van der Waals surface area (Å²) in [5, 5.41) is 18.1. The number of ether oxygens (including phenoxy) is 1. The normalized spacial score (nSPS) is 13.6. The molecule has 0 bridgehead atoms. The first-order valence-electron chi connectivity index (χ1n) is 3.74. The largest absolute Gasteiger partial charge is 0.393 e. The molecule has 0 saturated heterocycles. The Bertz CT molecular complexity index is 113. The van der Waals surface area contributed by atoms with Crippen LogP contribution in [0.25, 0.3) is 0 Å². The lowest BCUT2D eigenvalue weighted by Gasteiger charge is -2.27. The predicted octanol–water partition coefficient (Wildman–Crippen LogP) is 0.545. The first kappa shape index (κ1) is 10.9. The molecule has 0 rings (SSSR count). The molecule has 0 heterocycles. The summed E-state index contributed by atoms with van der Waals surface area (Å²) in [4.78, 5) is 0. The van der Waals surface area contributed by atoms with Crippen molar-refractivity contribution in [3.05, 3.63) is 0 Å². The molecule has 0 fully saturated rings. The van der Waals surface area contributed by atoms with Gasteiger partial charge < -0.3 is 14.9 Å². The second kappa shape index (κ2) is 3.52. The van der Waals surface area contributed by atoms with Crippen LogP contribution in [0, 0.1) is 0 Å². The van der Waals surface area contributed by atoms with Crippen molar-refractivity contribution in [2.45, 2.75) is 38.9 Å². The van der Waals surface area contributed by atoms with Crippen LogP contribution in [-0.4, -0.2) is 34.6 Å². The van der Waals surface area contributed by atoms with Gasteiger partial charge in [0.15, 0.2) is 0 Å². The highest BCUT2D eigenvalue weighted by Crippen LogP contribution is 2.11.